The molecule has 0 aliphatic heterocycles. The molecule has 9 heteroatoms. The second kappa shape index (κ2) is 12.1. The van der Waals surface area contributed by atoms with E-state index in [-0.39, 0.29) is 23.9 Å². The molecule has 2 atom stereocenters. The minimum absolute atomic E-state index is 0.131. The van der Waals surface area contributed by atoms with Gasteiger partial charge in [-0.05, 0) is 43.6 Å². The fraction of sp³-hybridized carbons (Fsp3) is 0.552. The summed E-state index contributed by atoms with van der Waals surface area (Å²) in [7, 11) is 7.28. The Bertz CT molecular complexity index is 1210. The molecule has 0 radical (unpaired) electrons. The largest absolute Gasteiger partial charge is 0.478 e. The van der Waals surface area contributed by atoms with Crippen LogP contribution in [0.1, 0.15) is 52.7 Å². The molecule has 0 aliphatic rings. The Morgan fingerprint density at radius 2 is 1.74 bits per heavy atom. The molecule has 0 spiro atoms. The average Bonchev–Trinajstić information content (AvgIpc) is 3.16. The van der Waals surface area contributed by atoms with Crippen LogP contribution in [0.2, 0.25) is 0 Å². The Balaban J connectivity index is 2.38. The maximum absolute atomic E-state index is 13.8. The number of nitrogens with one attached hydrogen (secondary N) is 3. The van der Waals surface area contributed by atoms with Crippen molar-refractivity contribution in [3.05, 3.63) is 47.2 Å². The molecule has 4 N–H and O–H groups in total. The summed E-state index contributed by atoms with van der Waals surface area (Å²) in [4.78, 5) is 39.7. The van der Waals surface area contributed by atoms with Gasteiger partial charge < -0.3 is 30.5 Å². The molecule has 1 heterocycles. The fourth-order valence-corrected chi connectivity index (χ4v) is 4.78. The fourth-order valence-electron chi connectivity index (χ4n) is 4.78. The van der Waals surface area contributed by atoms with E-state index in [9.17, 15) is 14.4 Å². The van der Waals surface area contributed by atoms with Crippen molar-refractivity contribution in [2.24, 2.45) is 12.5 Å². The molecule has 9 nitrogen and oxygen atoms in total. The predicted octanol–water partition coefficient (Wildman–Crippen LogP) is 2.78. The molecular weight excluding hydrogens is 482 g/mol. The number of aryl methyl sites for hydroxylation is 1. The van der Waals surface area contributed by atoms with Gasteiger partial charge in [-0.1, -0.05) is 52.8 Å². The molecule has 1 aromatic carbocycles. The van der Waals surface area contributed by atoms with E-state index < -0.39 is 28.9 Å². The zero-order valence-electron chi connectivity index (χ0n) is 24.5. The van der Waals surface area contributed by atoms with E-state index in [0.29, 0.717) is 0 Å². The van der Waals surface area contributed by atoms with Gasteiger partial charge in [0.15, 0.2) is 0 Å². The molecule has 2 unspecified atom stereocenters. The topological polar surface area (TPSA) is 116 Å². The monoisotopic (exact) mass is 527 g/mol. The summed E-state index contributed by atoms with van der Waals surface area (Å²) in [6, 6.07) is 4.93. The van der Waals surface area contributed by atoms with Gasteiger partial charge in [0.1, 0.15) is 6.04 Å². The number of benzene rings is 1. The van der Waals surface area contributed by atoms with E-state index in [4.69, 9.17) is 5.11 Å². The van der Waals surface area contributed by atoms with Crippen LogP contribution < -0.4 is 16.0 Å². The first-order valence-electron chi connectivity index (χ1n) is 12.9. The number of amides is 2. The Morgan fingerprint density at radius 3 is 2.26 bits per heavy atom. The highest BCUT2D eigenvalue weighted by Crippen LogP contribution is 2.35. The number of nitrogens with zero attached hydrogens (tertiary/aromatic N) is 2. The van der Waals surface area contributed by atoms with Crippen molar-refractivity contribution in [1.29, 1.82) is 0 Å². The number of hydrogen-bond acceptors (Lipinski definition) is 5. The molecule has 210 valence electrons. The smallest absolute Gasteiger partial charge is 0.331 e. The molecule has 2 rings (SSSR count). The van der Waals surface area contributed by atoms with Crippen LogP contribution in [0.25, 0.3) is 10.9 Å². The van der Waals surface area contributed by atoms with Crippen LogP contribution in [0.3, 0.4) is 0 Å². The number of carboxylic acid groups (broad SMARTS) is 1. The highest BCUT2D eigenvalue weighted by atomic mass is 16.4. The van der Waals surface area contributed by atoms with Gasteiger partial charge in [-0.25, -0.2) is 4.79 Å². The molecule has 0 saturated carbocycles. The van der Waals surface area contributed by atoms with Crippen molar-refractivity contribution in [3.63, 3.8) is 0 Å². The first kappa shape index (κ1) is 31.1. The molecule has 1 aromatic heterocycles. The molecule has 0 saturated heterocycles. The molecular formula is C29H45N5O4. The van der Waals surface area contributed by atoms with Gasteiger partial charge in [0.2, 0.25) is 11.8 Å². The first-order chi connectivity index (χ1) is 17.6. The lowest BCUT2D eigenvalue weighted by Crippen LogP contribution is -2.60. The Hall–Kier alpha value is -3.17. The summed E-state index contributed by atoms with van der Waals surface area (Å²) in [5, 5.41) is 19.6. The van der Waals surface area contributed by atoms with E-state index in [1.54, 1.807) is 14.1 Å². The van der Waals surface area contributed by atoms with Crippen LogP contribution in [0.4, 0.5) is 0 Å². The average molecular weight is 528 g/mol. The summed E-state index contributed by atoms with van der Waals surface area (Å²) >= 11 is 0. The minimum atomic E-state index is -1.03. The predicted molar refractivity (Wildman–Crippen MR) is 152 cm³/mol. The van der Waals surface area contributed by atoms with E-state index in [1.165, 1.54) is 23.5 Å². The summed E-state index contributed by atoms with van der Waals surface area (Å²) in [5.41, 5.74) is 2.28. The Kier molecular flexibility index (Phi) is 9.91. The Labute approximate surface area is 226 Å². The van der Waals surface area contributed by atoms with Crippen LogP contribution in [-0.4, -0.2) is 72.1 Å². The molecule has 2 amide bonds. The van der Waals surface area contributed by atoms with E-state index in [2.05, 4.69) is 44.9 Å². The molecule has 0 bridgehead atoms. The van der Waals surface area contributed by atoms with Gasteiger partial charge >= 0.3 is 5.97 Å². The van der Waals surface area contributed by atoms with Crippen molar-refractivity contribution < 1.29 is 19.5 Å². The lowest BCUT2D eigenvalue weighted by Gasteiger charge is -2.38. The third-order valence-electron chi connectivity index (χ3n) is 7.19. The van der Waals surface area contributed by atoms with Crippen LogP contribution in [0.5, 0.6) is 0 Å². The molecule has 2 aromatic rings. The van der Waals surface area contributed by atoms with Crippen LogP contribution in [0, 0.1) is 5.41 Å². The summed E-state index contributed by atoms with van der Waals surface area (Å²) in [5.74, 6) is -1.59. The summed E-state index contributed by atoms with van der Waals surface area (Å²) in [6.45, 7) is 12.1. The third kappa shape index (κ3) is 6.82. The number of aliphatic carboxylic acids is 1. The zero-order chi connectivity index (χ0) is 29.0. The summed E-state index contributed by atoms with van der Waals surface area (Å²) in [6.07, 6.45) is 3.56. The number of fused-ring (bicyclic) bond motifs is 1. The number of rotatable bonds is 11. The van der Waals surface area contributed by atoms with Gasteiger partial charge in [0.25, 0.3) is 0 Å². The van der Waals surface area contributed by atoms with Gasteiger partial charge in [0, 0.05) is 55.3 Å². The van der Waals surface area contributed by atoms with Crippen molar-refractivity contribution in [1.82, 2.24) is 25.4 Å². The second-order valence-electron chi connectivity index (χ2n) is 11.7. The maximum atomic E-state index is 13.8. The molecule has 0 fully saturated rings. The van der Waals surface area contributed by atoms with Crippen LogP contribution >= 0.6 is 0 Å². The Morgan fingerprint density at radius 1 is 1.11 bits per heavy atom. The van der Waals surface area contributed by atoms with E-state index >= 15 is 0 Å². The third-order valence-corrected chi connectivity index (χ3v) is 7.19. The lowest BCUT2D eigenvalue weighted by molar-refractivity contribution is -0.139. The standard InChI is InChI=1S/C29H45N5O4/c1-18(27(37)38)13-14-33(9)26(36)24(28(2,3)4)32-25(35)23(31-8)29(5,6)21-17-34(10)22-15-19(16-30-7)11-12-20(21)22/h11-13,15,17,23-24,30-31H,14,16H2,1-10H3,(H,32,35)(H,37,38)/b18-13+. The van der Waals surface area contributed by atoms with Crippen molar-refractivity contribution in [2.45, 2.75) is 65.6 Å². The highest BCUT2D eigenvalue weighted by Gasteiger charge is 2.41. The second-order valence-corrected chi connectivity index (χ2v) is 11.7. The summed E-state index contributed by atoms with van der Waals surface area (Å²) < 4.78 is 2.08. The molecule has 0 aliphatic carbocycles. The van der Waals surface area contributed by atoms with E-state index in [0.717, 1.165) is 23.0 Å². The van der Waals surface area contributed by atoms with Gasteiger partial charge in [0.05, 0.1) is 6.04 Å². The van der Waals surface area contributed by atoms with Crippen molar-refractivity contribution >= 4 is 28.7 Å². The normalized spacial score (nSPS) is 14.3. The zero-order valence-corrected chi connectivity index (χ0v) is 24.5. The van der Waals surface area contributed by atoms with Gasteiger partial charge in [-0.3, -0.25) is 9.59 Å². The number of carbonyl (C=O) groups excluding carboxylic acids is 2. The first-order valence-corrected chi connectivity index (χ1v) is 12.9. The number of likely N-dealkylation sites (N-methyl/N-ethyl adjacent to an activating group) is 2. The lowest BCUT2D eigenvalue weighted by atomic mass is 9.76. The number of aromatic nitrogens is 1. The number of carboxylic acids is 1. The number of carbonyl (C=O) groups is 3. The van der Waals surface area contributed by atoms with E-state index in [1.807, 2.05) is 48.7 Å². The van der Waals surface area contributed by atoms with Gasteiger partial charge in [-0.15, -0.1) is 0 Å². The molecule has 38 heavy (non-hydrogen) atoms. The van der Waals surface area contributed by atoms with Crippen LogP contribution in [-0.2, 0) is 33.4 Å². The van der Waals surface area contributed by atoms with Gasteiger partial charge in [-0.2, -0.15) is 0 Å². The quantitative estimate of drug-likeness (QED) is 0.334. The highest BCUT2D eigenvalue weighted by molar-refractivity contribution is 5.93. The number of hydrogen-bond donors (Lipinski definition) is 4. The SMILES string of the molecule is CNCc1ccc2c(C(C)(C)C(NC)C(=O)NC(C(=O)N(C)C/C=C(\C)C(=O)O)C(C)(C)C)cn(C)c2c1. The van der Waals surface area contributed by atoms with Crippen molar-refractivity contribution in [3.8, 4) is 0 Å². The van der Waals surface area contributed by atoms with Crippen LogP contribution in [0.15, 0.2) is 36.0 Å². The maximum Gasteiger partial charge on any atom is 0.331 e. The van der Waals surface area contributed by atoms with Crippen molar-refractivity contribution in [2.75, 3.05) is 27.7 Å². The minimum Gasteiger partial charge on any atom is -0.478 e.